The van der Waals surface area contributed by atoms with Crippen LogP contribution >= 0.6 is 0 Å². The second-order valence-electron chi connectivity index (χ2n) is 9.53. The second kappa shape index (κ2) is 9.51. The number of likely N-dealkylation sites (tertiary alicyclic amines) is 1. The lowest BCUT2D eigenvalue weighted by Crippen LogP contribution is -2.48. The van der Waals surface area contributed by atoms with E-state index in [4.69, 9.17) is 0 Å². The van der Waals surface area contributed by atoms with Crippen LogP contribution in [0.15, 0.2) is 24.3 Å². The molecule has 1 amide bonds. The first-order valence-corrected chi connectivity index (χ1v) is 11.7. The van der Waals surface area contributed by atoms with Gasteiger partial charge in [0.1, 0.15) is 5.82 Å². The normalized spacial score (nSPS) is 19.6. The minimum absolute atomic E-state index is 0.0818. The van der Waals surface area contributed by atoms with Gasteiger partial charge in [-0.15, -0.1) is 0 Å². The van der Waals surface area contributed by atoms with E-state index < -0.39 is 0 Å². The number of amides is 1. The van der Waals surface area contributed by atoms with E-state index in [0.717, 1.165) is 74.3 Å². The van der Waals surface area contributed by atoms with Crippen LogP contribution in [0.1, 0.15) is 67.5 Å². The summed E-state index contributed by atoms with van der Waals surface area (Å²) in [7, 11) is 0. The molecular formula is C25H35FN4O. The van der Waals surface area contributed by atoms with Gasteiger partial charge in [0.15, 0.2) is 0 Å². The molecule has 1 aliphatic heterocycles. The monoisotopic (exact) mass is 426 g/mol. The third kappa shape index (κ3) is 5.17. The van der Waals surface area contributed by atoms with E-state index >= 15 is 0 Å². The summed E-state index contributed by atoms with van der Waals surface area (Å²) in [6.07, 6.45) is 7.92. The first-order chi connectivity index (χ1) is 14.9. The molecule has 0 bridgehead atoms. The Hall–Kier alpha value is -2.21. The number of nitrogens with one attached hydrogen (secondary N) is 2. The molecule has 4 rings (SSSR count). The number of carbonyl (C=O) groups excluding carboxylic acids is 1. The van der Waals surface area contributed by atoms with Crippen molar-refractivity contribution >= 4 is 5.91 Å². The van der Waals surface area contributed by atoms with Crippen LogP contribution in [0.3, 0.4) is 0 Å². The Morgan fingerprint density at radius 2 is 2.00 bits per heavy atom. The highest BCUT2D eigenvalue weighted by Gasteiger charge is 2.38. The van der Waals surface area contributed by atoms with E-state index in [1.54, 1.807) is 6.07 Å². The lowest BCUT2D eigenvalue weighted by Gasteiger charge is -2.39. The number of halogens is 1. The van der Waals surface area contributed by atoms with E-state index in [0.29, 0.717) is 6.42 Å². The Balaban J connectivity index is 1.27. The van der Waals surface area contributed by atoms with Crippen LogP contribution < -0.4 is 5.32 Å². The summed E-state index contributed by atoms with van der Waals surface area (Å²) in [5.74, 6) is -0.00326. The van der Waals surface area contributed by atoms with E-state index in [1.807, 2.05) is 19.9 Å². The SMILES string of the molecule is Cc1n[nH]c(C)c1CCC(=O)NC1CCN(CC2(c3cccc(F)c3)CCCC2)CC1. The predicted molar refractivity (Wildman–Crippen MR) is 121 cm³/mol. The maximum Gasteiger partial charge on any atom is 0.220 e. The third-order valence-electron chi connectivity index (χ3n) is 7.36. The Labute approximate surface area is 184 Å². The molecule has 0 spiro atoms. The Morgan fingerprint density at radius 1 is 1.26 bits per heavy atom. The number of H-pyrrole nitrogens is 1. The molecule has 0 radical (unpaired) electrons. The number of piperidine rings is 1. The van der Waals surface area contributed by atoms with Crippen molar-refractivity contribution in [3.05, 3.63) is 52.6 Å². The molecule has 6 heteroatoms. The van der Waals surface area contributed by atoms with Crippen molar-refractivity contribution < 1.29 is 9.18 Å². The van der Waals surface area contributed by atoms with E-state index in [-0.39, 0.29) is 23.2 Å². The topological polar surface area (TPSA) is 61.0 Å². The summed E-state index contributed by atoms with van der Waals surface area (Å²) in [6.45, 7) is 6.96. The minimum Gasteiger partial charge on any atom is -0.353 e. The van der Waals surface area contributed by atoms with Crippen molar-refractivity contribution in [2.75, 3.05) is 19.6 Å². The van der Waals surface area contributed by atoms with Gasteiger partial charge >= 0.3 is 0 Å². The molecule has 1 aliphatic carbocycles. The minimum atomic E-state index is -0.133. The average Bonchev–Trinajstić information content (AvgIpc) is 3.35. The molecule has 1 saturated carbocycles. The van der Waals surface area contributed by atoms with Crippen molar-refractivity contribution in [1.29, 1.82) is 0 Å². The van der Waals surface area contributed by atoms with Gasteiger partial charge in [-0.3, -0.25) is 9.89 Å². The molecule has 0 atom stereocenters. The van der Waals surface area contributed by atoms with Crippen LogP contribution in [-0.4, -0.2) is 46.7 Å². The standard InChI is InChI=1S/C25H35FN4O/c1-18-23(19(2)29-28-18)8-9-24(31)27-22-10-14-30(15-11-22)17-25(12-3-4-13-25)20-6-5-7-21(26)16-20/h5-7,16,22H,3-4,8-15,17H2,1-2H3,(H,27,31)(H,28,29). The van der Waals surface area contributed by atoms with Crippen molar-refractivity contribution in [3.8, 4) is 0 Å². The first-order valence-electron chi connectivity index (χ1n) is 11.7. The number of aryl methyl sites for hydroxylation is 2. The smallest absolute Gasteiger partial charge is 0.220 e. The largest absolute Gasteiger partial charge is 0.353 e. The lowest BCUT2D eigenvalue weighted by molar-refractivity contribution is -0.122. The molecule has 0 unspecified atom stereocenters. The van der Waals surface area contributed by atoms with Crippen LogP contribution in [0.25, 0.3) is 0 Å². The van der Waals surface area contributed by atoms with E-state index in [9.17, 15) is 9.18 Å². The summed E-state index contributed by atoms with van der Waals surface area (Å²) in [5.41, 5.74) is 4.43. The highest BCUT2D eigenvalue weighted by atomic mass is 19.1. The molecule has 2 aromatic rings. The first kappa shape index (κ1) is 22.0. The van der Waals surface area contributed by atoms with Crippen molar-refractivity contribution in [2.45, 2.75) is 76.7 Å². The number of aromatic amines is 1. The Morgan fingerprint density at radius 3 is 2.65 bits per heavy atom. The van der Waals surface area contributed by atoms with Gasteiger partial charge in [0.2, 0.25) is 5.91 Å². The molecule has 2 N–H and O–H groups in total. The van der Waals surface area contributed by atoms with Gasteiger partial charge in [-0.1, -0.05) is 25.0 Å². The van der Waals surface area contributed by atoms with Gasteiger partial charge < -0.3 is 10.2 Å². The molecule has 1 saturated heterocycles. The summed E-state index contributed by atoms with van der Waals surface area (Å²) >= 11 is 0. The zero-order valence-electron chi connectivity index (χ0n) is 18.8. The second-order valence-corrected chi connectivity index (χ2v) is 9.53. The Kier molecular flexibility index (Phi) is 6.75. The van der Waals surface area contributed by atoms with Gasteiger partial charge in [0.25, 0.3) is 0 Å². The highest BCUT2D eigenvalue weighted by Crippen LogP contribution is 2.42. The summed E-state index contributed by atoms with van der Waals surface area (Å²) < 4.78 is 13.9. The summed E-state index contributed by atoms with van der Waals surface area (Å²) in [5, 5.41) is 10.4. The quantitative estimate of drug-likeness (QED) is 0.698. The third-order valence-corrected chi connectivity index (χ3v) is 7.36. The van der Waals surface area contributed by atoms with Gasteiger partial charge in [0.05, 0.1) is 5.69 Å². The van der Waals surface area contributed by atoms with Gasteiger partial charge in [-0.25, -0.2) is 4.39 Å². The van der Waals surface area contributed by atoms with Gasteiger partial charge in [0, 0.05) is 43.2 Å². The number of rotatable bonds is 7. The predicted octanol–water partition coefficient (Wildman–Crippen LogP) is 4.19. The molecule has 31 heavy (non-hydrogen) atoms. The van der Waals surface area contributed by atoms with Crippen molar-refractivity contribution in [3.63, 3.8) is 0 Å². The van der Waals surface area contributed by atoms with Crippen molar-refractivity contribution in [1.82, 2.24) is 20.4 Å². The van der Waals surface area contributed by atoms with Crippen LogP contribution in [0.5, 0.6) is 0 Å². The molecule has 168 valence electrons. The van der Waals surface area contributed by atoms with Crippen LogP contribution in [0, 0.1) is 19.7 Å². The zero-order valence-corrected chi connectivity index (χ0v) is 18.8. The molecule has 2 aliphatic rings. The highest BCUT2D eigenvalue weighted by molar-refractivity contribution is 5.76. The fourth-order valence-corrected chi connectivity index (χ4v) is 5.55. The van der Waals surface area contributed by atoms with Crippen LogP contribution in [0.2, 0.25) is 0 Å². The van der Waals surface area contributed by atoms with Gasteiger partial charge in [-0.05, 0) is 69.2 Å². The fourth-order valence-electron chi connectivity index (χ4n) is 5.55. The number of carbonyl (C=O) groups is 1. The molecule has 1 aromatic heterocycles. The molecule has 2 fully saturated rings. The number of benzene rings is 1. The van der Waals surface area contributed by atoms with Crippen LogP contribution in [0.4, 0.5) is 4.39 Å². The summed E-state index contributed by atoms with van der Waals surface area (Å²) in [4.78, 5) is 15.0. The number of hydrogen-bond acceptors (Lipinski definition) is 3. The van der Waals surface area contributed by atoms with Crippen molar-refractivity contribution in [2.24, 2.45) is 0 Å². The number of hydrogen-bond donors (Lipinski definition) is 2. The van der Waals surface area contributed by atoms with E-state index in [1.165, 1.54) is 18.9 Å². The van der Waals surface area contributed by atoms with Gasteiger partial charge in [-0.2, -0.15) is 5.10 Å². The zero-order chi connectivity index (χ0) is 21.8. The maximum absolute atomic E-state index is 13.9. The average molecular weight is 427 g/mol. The van der Waals surface area contributed by atoms with Crippen LogP contribution in [-0.2, 0) is 16.6 Å². The summed E-state index contributed by atoms with van der Waals surface area (Å²) in [6, 6.07) is 7.48. The maximum atomic E-state index is 13.9. The number of nitrogens with zero attached hydrogens (tertiary/aromatic N) is 2. The number of aromatic nitrogens is 2. The fraction of sp³-hybridized carbons (Fsp3) is 0.600. The van der Waals surface area contributed by atoms with E-state index in [2.05, 4.69) is 26.5 Å². The molecule has 5 nitrogen and oxygen atoms in total. The molecule has 1 aromatic carbocycles. The lowest BCUT2D eigenvalue weighted by atomic mass is 9.78. The molecule has 2 heterocycles. The molecular weight excluding hydrogens is 391 g/mol. The Bertz CT molecular complexity index is 875.